The van der Waals surface area contributed by atoms with Crippen LogP contribution in [-0.2, 0) is 14.6 Å². The van der Waals surface area contributed by atoms with Gasteiger partial charge < -0.3 is 4.90 Å². The zero-order chi connectivity index (χ0) is 17.5. The van der Waals surface area contributed by atoms with Crippen molar-refractivity contribution in [2.75, 3.05) is 16.4 Å². The molecule has 2 heterocycles. The fraction of sp³-hybridized carbons (Fsp3) is 0.467. The highest BCUT2D eigenvalue weighted by molar-refractivity contribution is 8.16. The summed E-state index contributed by atoms with van der Waals surface area (Å²) in [6, 6.07) is 3.86. The van der Waals surface area contributed by atoms with Gasteiger partial charge in [0.25, 0.3) is 0 Å². The van der Waals surface area contributed by atoms with E-state index in [1.807, 2.05) is 6.92 Å². The van der Waals surface area contributed by atoms with E-state index in [0.29, 0.717) is 23.7 Å². The number of sulfone groups is 1. The Morgan fingerprint density at radius 1 is 1.46 bits per heavy atom. The topological polar surface area (TPSA) is 66.8 Å². The Balaban J connectivity index is 2.01. The normalized spacial score (nSPS) is 26.8. The average Bonchev–Trinajstić information content (AvgIpc) is 2.93. The van der Waals surface area contributed by atoms with Gasteiger partial charge in [-0.1, -0.05) is 30.3 Å². The van der Waals surface area contributed by atoms with Crippen LogP contribution in [0.2, 0.25) is 5.02 Å². The van der Waals surface area contributed by atoms with Crippen LogP contribution >= 0.6 is 23.4 Å². The lowest BCUT2D eigenvalue weighted by Crippen LogP contribution is -2.37. The summed E-state index contributed by atoms with van der Waals surface area (Å²) in [6.45, 7) is 1.89. The van der Waals surface area contributed by atoms with E-state index in [2.05, 4.69) is 4.99 Å². The molecule has 0 N–H and O–H groups in total. The predicted octanol–water partition coefficient (Wildman–Crippen LogP) is 2.88. The molecule has 9 heteroatoms. The summed E-state index contributed by atoms with van der Waals surface area (Å²) < 4.78 is 37.3. The molecule has 24 heavy (non-hydrogen) atoms. The Morgan fingerprint density at radius 2 is 2.21 bits per heavy atom. The molecule has 2 atom stereocenters. The van der Waals surface area contributed by atoms with Gasteiger partial charge in [0, 0.05) is 17.4 Å². The monoisotopic (exact) mass is 390 g/mol. The molecule has 1 amide bonds. The Bertz CT molecular complexity index is 813. The Labute approximate surface area is 149 Å². The van der Waals surface area contributed by atoms with Crippen molar-refractivity contribution in [3.63, 3.8) is 0 Å². The van der Waals surface area contributed by atoms with Crippen molar-refractivity contribution < 1.29 is 17.6 Å². The van der Waals surface area contributed by atoms with E-state index in [4.69, 9.17) is 11.6 Å². The van der Waals surface area contributed by atoms with Gasteiger partial charge >= 0.3 is 0 Å². The van der Waals surface area contributed by atoms with Crippen LogP contribution in [0.4, 0.5) is 10.1 Å². The van der Waals surface area contributed by atoms with Crippen molar-refractivity contribution in [2.24, 2.45) is 4.99 Å². The molecule has 3 rings (SSSR count). The van der Waals surface area contributed by atoms with E-state index in [1.165, 1.54) is 30.0 Å². The molecule has 0 bridgehead atoms. The molecular weight excluding hydrogens is 375 g/mol. The van der Waals surface area contributed by atoms with Gasteiger partial charge in [-0.2, -0.15) is 4.99 Å². The number of amidine groups is 1. The van der Waals surface area contributed by atoms with E-state index >= 15 is 0 Å². The number of amides is 1. The minimum Gasteiger partial charge on any atom is -0.316 e. The summed E-state index contributed by atoms with van der Waals surface area (Å²) in [7, 11) is -3.14. The number of fused-ring (bicyclic) bond motifs is 1. The van der Waals surface area contributed by atoms with Crippen molar-refractivity contribution in [3.8, 4) is 0 Å². The fourth-order valence-electron chi connectivity index (χ4n) is 2.88. The van der Waals surface area contributed by atoms with E-state index < -0.39 is 15.7 Å². The summed E-state index contributed by atoms with van der Waals surface area (Å²) >= 11 is 7.15. The Morgan fingerprint density at radius 3 is 2.88 bits per heavy atom. The summed E-state index contributed by atoms with van der Waals surface area (Å²) in [5, 5.41) is 0.217. The predicted molar refractivity (Wildman–Crippen MR) is 95.1 cm³/mol. The van der Waals surface area contributed by atoms with Crippen LogP contribution in [0.1, 0.15) is 19.8 Å². The molecule has 2 aliphatic heterocycles. The largest absolute Gasteiger partial charge is 0.316 e. The number of rotatable bonds is 3. The van der Waals surface area contributed by atoms with Gasteiger partial charge in [0.2, 0.25) is 5.91 Å². The van der Waals surface area contributed by atoms with Gasteiger partial charge in [-0.3, -0.25) is 4.79 Å². The maximum Gasteiger partial charge on any atom is 0.248 e. The molecule has 0 aliphatic carbocycles. The van der Waals surface area contributed by atoms with Crippen LogP contribution in [-0.4, -0.2) is 42.3 Å². The van der Waals surface area contributed by atoms with Crippen LogP contribution in [0, 0.1) is 5.82 Å². The standard InChI is InChI=1S/C15H16ClFN2O3S2/c1-2-3-14(20)18-15-19(9-4-5-11(17)10(16)6-9)12-7-24(21,22)8-13(12)23-15/h4-6,12-13H,2-3,7-8H2,1H3/t12-,13+/m0/s1. The molecule has 0 spiro atoms. The molecule has 0 aromatic heterocycles. The van der Waals surface area contributed by atoms with E-state index in [9.17, 15) is 17.6 Å². The van der Waals surface area contributed by atoms with Gasteiger partial charge in [-0.05, 0) is 24.6 Å². The van der Waals surface area contributed by atoms with Crippen LogP contribution in [0.5, 0.6) is 0 Å². The molecular formula is C15H16ClFN2O3S2. The number of thioether (sulfide) groups is 1. The first-order chi connectivity index (χ1) is 11.3. The molecule has 0 unspecified atom stereocenters. The third kappa shape index (κ3) is 3.45. The number of aliphatic imine (C=N–C) groups is 1. The summed E-state index contributed by atoms with van der Waals surface area (Å²) in [4.78, 5) is 17.8. The molecule has 2 fully saturated rings. The second kappa shape index (κ2) is 6.65. The average molecular weight is 391 g/mol. The number of hydrogen-bond donors (Lipinski definition) is 0. The van der Waals surface area contributed by atoms with Gasteiger partial charge in [0.05, 0.1) is 22.6 Å². The first kappa shape index (κ1) is 17.7. The minimum absolute atomic E-state index is 0.0132. The van der Waals surface area contributed by atoms with Crippen LogP contribution in [0.3, 0.4) is 0 Å². The van der Waals surface area contributed by atoms with Crippen molar-refractivity contribution in [1.82, 2.24) is 0 Å². The van der Waals surface area contributed by atoms with E-state index in [1.54, 1.807) is 4.90 Å². The maximum absolute atomic E-state index is 13.4. The Hall–Kier alpha value is -1.12. The first-order valence-corrected chi connectivity index (χ1v) is 10.6. The lowest BCUT2D eigenvalue weighted by molar-refractivity contribution is -0.117. The second-order valence-electron chi connectivity index (χ2n) is 5.81. The van der Waals surface area contributed by atoms with Crippen molar-refractivity contribution in [1.29, 1.82) is 0 Å². The highest BCUT2D eigenvalue weighted by Gasteiger charge is 2.49. The molecule has 0 radical (unpaired) electrons. The zero-order valence-electron chi connectivity index (χ0n) is 12.9. The molecule has 130 valence electrons. The number of carbonyl (C=O) groups excluding carboxylic acids is 1. The number of benzene rings is 1. The molecule has 0 saturated carbocycles. The summed E-state index contributed by atoms with van der Waals surface area (Å²) in [6.07, 6.45) is 1.01. The highest BCUT2D eigenvalue weighted by atomic mass is 35.5. The lowest BCUT2D eigenvalue weighted by Gasteiger charge is -2.24. The van der Waals surface area contributed by atoms with Crippen molar-refractivity contribution >= 4 is 50.0 Å². The smallest absolute Gasteiger partial charge is 0.248 e. The van der Waals surface area contributed by atoms with Gasteiger partial charge in [-0.25, -0.2) is 12.8 Å². The number of anilines is 1. The minimum atomic E-state index is -3.14. The molecule has 1 aromatic carbocycles. The molecule has 5 nitrogen and oxygen atoms in total. The van der Waals surface area contributed by atoms with Crippen molar-refractivity contribution in [2.45, 2.75) is 31.1 Å². The Kier molecular flexibility index (Phi) is 4.90. The molecule has 2 saturated heterocycles. The van der Waals surface area contributed by atoms with Crippen LogP contribution in [0.15, 0.2) is 23.2 Å². The molecule has 2 aliphatic rings. The number of hydrogen-bond acceptors (Lipinski definition) is 4. The van der Waals surface area contributed by atoms with Gasteiger partial charge in [0.15, 0.2) is 15.0 Å². The zero-order valence-corrected chi connectivity index (χ0v) is 15.3. The van der Waals surface area contributed by atoms with Gasteiger partial charge in [0.1, 0.15) is 5.82 Å². The summed E-state index contributed by atoms with van der Waals surface area (Å²) in [5.41, 5.74) is 0.543. The van der Waals surface area contributed by atoms with Gasteiger partial charge in [-0.15, -0.1) is 0 Å². The van der Waals surface area contributed by atoms with Crippen molar-refractivity contribution in [3.05, 3.63) is 29.0 Å². The quantitative estimate of drug-likeness (QED) is 0.793. The van der Waals surface area contributed by atoms with E-state index in [-0.39, 0.29) is 33.7 Å². The fourth-order valence-corrected chi connectivity index (χ4v) is 6.98. The second-order valence-corrected chi connectivity index (χ2v) is 9.57. The number of halogens is 2. The molecule has 1 aromatic rings. The number of nitrogens with zero attached hydrogens (tertiary/aromatic N) is 2. The first-order valence-electron chi connectivity index (χ1n) is 7.53. The van der Waals surface area contributed by atoms with E-state index in [0.717, 1.165) is 0 Å². The van der Waals surface area contributed by atoms with Crippen LogP contribution in [0.25, 0.3) is 0 Å². The van der Waals surface area contributed by atoms with Crippen LogP contribution < -0.4 is 4.90 Å². The SMILES string of the molecule is CCCC(=O)N=C1S[C@@H]2CS(=O)(=O)C[C@@H]2N1c1ccc(F)c(Cl)c1. The third-order valence-electron chi connectivity index (χ3n) is 3.93. The highest BCUT2D eigenvalue weighted by Crippen LogP contribution is 2.41. The lowest BCUT2D eigenvalue weighted by atomic mass is 10.2. The summed E-state index contributed by atoms with van der Waals surface area (Å²) in [5.74, 6) is -0.764. The number of carbonyl (C=O) groups is 1. The third-order valence-corrected chi connectivity index (χ3v) is 7.43. The maximum atomic E-state index is 13.4.